The van der Waals surface area contributed by atoms with E-state index in [9.17, 15) is 9.59 Å². The Labute approximate surface area is 101 Å². The molecule has 4 nitrogen and oxygen atoms in total. The number of rotatable bonds is 6. The highest BCUT2D eigenvalue weighted by molar-refractivity contribution is 5.76. The monoisotopic (exact) mass is 235 g/mol. The van der Waals surface area contributed by atoms with Gasteiger partial charge in [-0.05, 0) is 25.0 Å². The topological polar surface area (TPSA) is 52.6 Å². The van der Waals surface area contributed by atoms with E-state index in [1.165, 1.54) is 0 Å². The van der Waals surface area contributed by atoms with E-state index >= 15 is 0 Å². The summed E-state index contributed by atoms with van der Waals surface area (Å²) in [7, 11) is 0. The molecular formula is C13H15O4. The van der Waals surface area contributed by atoms with Gasteiger partial charge >= 0.3 is 11.9 Å². The molecule has 0 bridgehead atoms. The van der Waals surface area contributed by atoms with E-state index in [1.54, 1.807) is 13.0 Å². The Hall–Kier alpha value is -1.84. The van der Waals surface area contributed by atoms with Gasteiger partial charge < -0.3 is 9.47 Å². The number of carbonyl (C=O) groups is 2. The second kappa shape index (κ2) is 7.44. The Morgan fingerprint density at radius 1 is 1.24 bits per heavy atom. The van der Waals surface area contributed by atoms with Crippen LogP contribution in [0.15, 0.2) is 24.3 Å². The summed E-state index contributed by atoms with van der Waals surface area (Å²) in [5, 5.41) is 0. The molecule has 0 aliphatic carbocycles. The standard InChI is InChI=1S/C13H15O4/c1-2-16-13(15)10-17-12(14)9-8-11-6-4-3-5-7-11/h3-6H,2,8-10H2,1H3. The predicted octanol–water partition coefficient (Wildman–Crippen LogP) is 1.53. The van der Waals surface area contributed by atoms with Gasteiger partial charge in [0, 0.05) is 6.42 Å². The quantitative estimate of drug-likeness (QED) is 0.701. The molecule has 91 valence electrons. The summed E-state index contributed by atoms with van der Waals surface area (Å²) in [6.07, 6.45) is 0.794. The minimum Gasteiger partial charge on any atom is -0.463 e. The first-order valence-corrected chi connectivity index (χ1v) is 5.49. The number of hydrogen-bond donors (Lipinski definition) is 0. The second-order valence-electron chi connectivity index (χ2n) is 3.35. The summed E-state index contributed by atoms with van der Waals surface area (Å²) < 4.78 is 9.38. The van der Waals surface area contributed by atoms with E-state index in [0.717, 1.165) is 5.56 Å². The fraction of sp³-hybridized carbons (Fsp3) is 0.385. The van der Waals surface area contributed by atoms with E-state index < -0.39 is 11.9 Å². The fourth-order valence-corrected chi connectivity index (χ4v) is 1.24. The van der Waals surface area contributed by atoms with E-state index in [4.69, 9.17) is 4.74 Å². The summed E-state index contributed by atoms with van der Waals surface area (Å²) in [5.41, 5.74) is 0.945. The van der Waals surface area contributed by atoms with Crippen LogP contribution in [0.4, 0.5) is 0 Å². The van der Waals surface area contributed by atoms with Crippen molar-refractivity contribution in [2.75, 3.05) is 13.2 Å². The average Bonchev–Trinajstić information content (AvgIpc) is 2.35. The minimum atomic E-state index is -0.521. The molecule has 1 rings (SSSR count). The molecule has 1 aromatic rings. The van der Waals surface area contributed by atoms with Crippen molar-refractivity contribution in [2.24, 2.45) is 0 Å². The maximum atomic E-state index is 11.3. The van der Waals surface area contributed by atoms with Crippen molar-refractivity contribution >= 4 is 11.9 Å². The first-order valence-electron chi connectivity index (χ1n) is 5.49. The van der Waals surface area contributed by atoms with Gasteiger partial charge in [-0.25, -0.2) is 4.79 Å². The summed E-state index contributed by atoms with van der Waals surface area (Å²) >= 11 is 0. The molecule has 0 atom stereocenters. The predicted molar refractivity (Wildman–Crippen MR) is 61.2 cm³/mol. The number of ether oxygens (including phenoxy) is 2. The third-order valence-corrected chi connectivity index (χ3v) is 2.03. The van der Waals surface area contributed by atoms with E-state index in [2.05, 4.69) is 10.8 Å². The maximum absolute atomic E-state index is 11.3. The highest BCUT2D eigenvalue weighted by Crippen LogP contribution is 2.02. The number of esters is 2. The van der Waals surface area contributed by atoms with Crippen molar-refractivity contribution in [3.8, 4) is 0 Å². The largest absolute Gasteiger partial charge is 0.463 e. The third-order valence-electron chi connectivity index (χ3n) is 2.03. The Kier molecular flexibility index (Phi) is 5.79. The highest BCUT2D eigenvalue weighted by Gasteiger charge is 2.07. The van der Waals surface area contributed by atoms with Crippen LogP contribution in [0.1, 0.15) is 18.9 Å². The van der Waals surface area contributed by atoms with Gasteiger partial charge in [-0.15, -0.1) is 0 Å². The van der Waals surface area contributed by atoms with Crippen molar-refractivity contribution in [1.29, 1.82) is 0 Å². The maximum Gasteiger partial charge on any atom is 0.344 e. The van der Waals surface area contributed by atoms with Crippen LogP contribution >= 0.6 is 0 Å². The molecule has 0 amide bonds. The molecule has 0 saturated heterocycles. The summed E-state index contributed by atoms with van der Waals surface area (Å²) in [6, 6.07) is 10.4. The lowest BCUT2D eigenvalue weighted by Crippen LogP contribution is -2.16. The van der Waals surface area contributed by atoms with E-state index in [-0.39, 0.29) is 19.6 Å². The van der Waals surface area contributed by atoms with Crippen molar-refractivity contribution in [2.45, 2.75) is 19.8 Å². The molecule has 0 heterocycles. The molecule has 0 aliphatic heterocycles. The van der Waals surface area contributed by atoms with Gasteiger partial charge in [0.15, 0.2) is 6.61 Å². The van der Waals surface area contributed by atoms with E-state index in [0.29, 0.717) is 6.42 Å². The zero-order valence-corrected chi connectivity index (χ0v) is 9.77. The van der Waals surface area contributed by atoms with E-state index in [1.807, 2.05) is 18.2 Å². The van der Waals surface area contributed by atoms with Gasteiger partial charge in [-0.3, -0.25) is 4.79 Å². The van der Waals surface area contributed by atoms with Crippen LogP contribution in [0.2, 0.25) is 0 Å². The van der Waals surface area contributed by atoms with Crippen molar-refractivity contribution in [3.05, 3.63) is 35.9 Å². The fourth-order valence-electron chi connectivity index (χ4n) is 1.24. The molecule has 0 fully saturated rings. The van der Waals surface area contributed by atoms with Crippen LogP contribution < -0.4 is 0 Å². The molecular weight excluding hydrogens is 220 g/mol. The van der Waals surface area contributed by atoms with Crippen molar-refractivity contribution in [1.82, 2.24) is 0 Å². The van der Waals surface area contributed by atoms with Crippen LogP contribution in [-0.4, -0.2) is 25.2 Å². The number of benzene rings is 1. The molecule has 0 aliphatic rings. The Bertz CT molecular complexity index is 359. The molecule has 0 unspecified atom stereocenters. The Balaban J connectivity index is 2.20. The van der Waals surface area contributed by atoms with Crippen LogP contribution in [0.5, 0.6) is 0 Å². The van der Waals surface area contributed by atoms with Crippen LogP contribution in [0.25, 0.3) is 0 Å². The zero-order valence-electron chi connectivity index (χ0n) is 9.77. The van der Waals surface area contributed by atoms with Gasteiger partial charge in [0.25, 0.3) is 0 Å². The van der Waals surface area contributed by atoms with Gasteiger partial charge in [-0.1, -0.05) is 24.3 Å². The lowest BCUT2D eigenvalue weighted by molar-refractivity contribution is -0.158. The van der Waals surface area contributed by atoms with Gasteiger partial charge in [0.2, 0.25) is 0 Å². The molecule has 0 N–H and O–H groups in total. The molecule has 0 saturated carbocycles. The van der Waals surface area contributed by atoms with Crippen LogP contribution in [-0.2, 0) is 25.5 Å². The lowest BCUT2D eigenvalue weighted by Gasteiger charge is -2.04. The molecule has 17 heavy (non-hydrogen) atoms. The average molecular weight is 235 g/mol. The van der Waals surface area contributed by atoms with Crippen LogP contribution in [0.3, 0.4) is 0 Å². The normalized spacial score (nSPS) is 9.71. The third kappa shape index (κ3) is 5.70. The molecule has 0 spiro atoms. The molecule has 1 radical (unpaired) electrons. The number of aryl methyl sites for hydroxylation is 1. The Morgan fingerprint density at radius 2 is 2.06 bits per heavy atom. The first kappa shape index (κ1) is 13.2. The summed E-state index contributed by atoms with van der Waals surface area (Å²) in [5.74, 6) is -0.928. The zero-order chi connectivity index (χ0) is 12.5. The molecule has 0 aromatic heterocycles. The van der Waals surface area contributed by atoms with Crippen molar-refractivity contribution in [3.63, 3.8) is 0 Å². The smallest absolute Gasteiger partial charge is 0.344 e. The molecule has 1 aromatic carbocycles. The minimum absolute atomic E-state index is 0.236. The van der Waals surface area contributed by atoms with Gasteiger partial charge in [-0.2, -0.15) is 0 Å². The van der Waals surface area contributed by atoms with Gasteiger partial charge in [0.05, 0.1) is 6.61 Å². The Morgan fingerprint density at radius 3 is 2.71 bits per heavy atom. The van der Waals surface area contributed by atoms with Crippen LogP contribution in [0, 0.1) is 6.07 Å². The SMILES string of the molecule is CCOC(=O)COC(=O)CCc1[c]cccc1. The number of hydrogen-bond acceptors (Lipinski definition) is 4. The first-order chi connectivity index (χ1) is 8.22. The molecule has 4 heteroatoms. The second-order valence-corrected chi connectivity index (χ2v) is 3.35. The summed E-state index contributed by atoms with van der Waals surface area (Å²) in [6.45, 7) is 1.67. The van der Waals surface area contributed by atoms with Crippen molar-refractivity contribution < 1.29 is 19.1 Å². The van der Waals surface area contributed by atoms with Gasteiger partial charge in [0.1, 0.15) is 0 Å². The summed E-state index contributed by atoms with van der Waals surface area (Å²) in [4.78, 5) is 22.2. The number of carbonyl (C=O) groups excluding carboxylic acids is 2. The highest BCUT2D eigenvalue weighted by atomic mass is 16.6. The lowest BCUT2D eigenvalue weighted by atomic mass is 10.1.